The largest absolute Gasteiger partial charge is 0.497 e. The molecule has 1 fully saturated rings. The first-order chi connectivity index (χ1) is 15.9. The number of methoxy groups -OCH3 is 1. The third-order valence-corrected chi connectivity index (χ3v) is 6.14. The van der Waals surface area contributed by atoms with Gasteiger partial charge >= 0.3 is 17.6 Å². The zero-order chi connectivity index (χ0) is 23.2. The number of fused-ring (bicyclic) bond motifs is 3. The number of esters is 1. The summed E-state index contributed by atoms with van der Waals surface area (Å²) in [6.45, 7) is -0.743. The summed E-state index contributed by atoms with van der Waals surface area (Å²) in [5.74, 6) is -0.718. The van der Waals surface area contributed by atoms with Gasteiger partial charge in [0.05, 0.1) is 7.11 Å². The molecule has 1 saturated heterocycles. The van der Waals surface area contributed by atoms with E-state index < -0.39 is 35.6 Å². The van der Waals surface area contributed by atoms with E-state index in [0.717, 1.165) is 16.0 Å². The van der Waals surface area contributed by atoms with Crippen LogP contribution in [0.2, 0.25) is 0 Å². The maximum absolute atomic E-state index is 13.2. The minimum atomic E-state index is -1.14. The summed E-state index contributed by atoms with van der Waals surface area (Å²) in [4.78, 5) is 51.0. The highest BCUT2D eigenvalue weighted by molar-refractivity contribution is 6.09. The van der Waals surface area contributed by atoms with E-state index in [2.05, 4.69) is 5.32 Å². The zero-order valence-corrected chi connectivity index (χ0v) is 17.8. The van der Waals surface area contributed by atoms with Gasteiger partial charge in [-0.25, -0.2) is 9.59 Å². The minimum absolute atomic E-state index is 0.217. The molecule has 3 aromatic rings. The van der Waals surface area contributed by atoms with Gasteiger partial charge in [0.25, 0.3) is 5.91 Å². The molecule has 33 heavy (non-hydrogen) atoms. The van der Waals surface area contributed by atoms with E-state index in [-0.39, 0.29) is 6.61 Å². The fraction of sp³-hybridized carbons (Fsp3) is 0.250. The van der Waals surface area contributed by atoms with Crippen molar-refractivity contribution >= 4 is 28.9 Å². The van der Waals surface area contributed by atoms with Gasteiger partial charge in [0.1, 0.15) is 30.0 Å². The summed E-state index contributed by atoms with van der Waals surface area (Å²) >= 11 is 0. The SMILES string of the molecule is COc1ccc2c(COC(=O)CN3C(=O)N[C@@]4(CCc5ccccc54)C3=O)cc(=O)oc2c1. The van der Waals surface area contributed by atoms with Crippen LogP contribution in [0, 0.1) is 0 Å². The van der Waals surface area contributed by atoms with Crippen LogP contribution in [0.15, 0.2) is 57.7 Å². The highest BCUT2D eigenvalue weighted by atomic mass is 16.5. The fourth-order valence-corrected chi connectivity index (χ4v) is 4.52. The lowest BCUT2D eigenvalue weighted by Crippen LogP contribution is -2.42. The van der Waals surface area contributed by atoms with E-state index in [1.165, 1.54) is 13.2 Å². The average Bonchev–Trinajstić information content (AvgIpc) is 3.30. The fourth-order valence-electron chi connectivity index (χ4n) is 4.52. The summed E-state index contributed by atoms with van der Waals surface area (Å²) in [5.41, 5.74) is 0.762. The Labute approximate surface area is 187 Å². The molecule has 0 saturated carbocycles. The maximum atomic E-state index is 13.2. The van der Waals surface area contributed by atoms with Crippen LogP contribution in [0.25, 0.3) is 11.0 Å². The first-order valence-corrected chi connectivity index (χ1v) is 10.4. The van der Waals surface area contributed by atoms with Gasteiger partial charge in [-0.3, -0.25) is 14.5 Å². The molecular formula is C24H20N2O7. The molecule has 0 unspecified atom stereocenters. The molecule has 0 radical (unpaired) electrons. The third-order valence-electron chi connectivity index (χ3n) is 6.14. The van der Waals surface area contributed by atoms with Crippen molar-refractivity contribution in [2.75, 3.05) is 13.7 Å². The number of nitrogens with one attached hydrogen (secondary N) is 1. The van der Waals surface area contributed by atoms with Gasteiger partial charge < -0.3 is 19.2 Å². The number of imide groups is 1. The summed E-state index contributed by atoms with van der Waals surface area (Å²) in [7, 11) is 1.50. The number of ether oxygens (including phenoxy) is 2. The van der Waals surface area contributed by atoms with Crippen molar-refractivity contribution in [3.63, 3.8) is 0 Å². The molecule has 0 bridgehead atoms. The van der Waals surface area contributed by atoms with Gasteiger partial charge in [0.2, 0.25) is 0 Å². The lowest BCUT2D eigenvalue weighted by molar-refractivity contribution is -0.148. The molecule has 3 amide bonds. The predicted molar refractivity (Wildman–Crippen MR) is 116 cm³/mol. The third kappa shape index (κ3) is 3.42. The van der Waals surface area contributed by atoms with E-state index >= 15 is 0 Å². The van der Waals surface area contributed by atoms with Gasteiger partial charge in [-0.2, -0.15) is 0 Å². The summed E-state index contributed by atoms with van der Waals surface area (Å²) in [6.07, 6.45) is 1.10. The lowest BCUT2D eigenvalue weighted by Gasteiger charge is -2.22. The Morgan fingerprint density at radius 1 is 1.15 bits per heavy atom. The Balaban J connectivity index is 1.31. The van der Waals surface area contributed by atoms with Crippen molar-refractivity contribution in [1.29, 1.82) is 0 Å². The highest BCUT2D eigenvalue weighted by Crippen LogP contribution is 2.41. The molecule has 9 nitrogen and oxygen atoms in total. The molecule has 1 aliphatic heterocycles. The molecule has 2 aromatic carbocycles. The molecule has 2 heterocycles. The van der Waals surface area contributed by atoms with Crippen LogP contribution in [-0.4, -0.2) is 36.5 Å². The first kappa shape index (κ1) is 20.7. The number of urea groups is 1. The molecular weight excluding hydrogens is 428 g/mol. The molecule has 1 aliphatic carbocycles. The molecule has 2 aliphatic rings. The van der Waals surface area contributed by atoms with E-state index in [9.17, 15) is 19.2 Å². The highest BCUT2D eigenvalue weighted by Gasteiger charge is 2.55. The van der Waals surface area contributed by atoms with Crippen molar-refractivity contribution in [2.45, 2.75) is 25.0 Å². The van der Waals surface area contributed by atoms with Crippen molar-refractivity contribution < 1.29 is 28.3 Å². The van der Waals surface area contributed by atoms with Crippen molar-refractivity contribution in [2.24, 2.45) is 0 Å². The average molecular weight is 448 g/mol. The molecule has 9 heteroatoms. The Morgan fingerprint density at radius 2 is 1.97 bits per heavy atom. The number of hydrogen-bond donors (Lipinski definition) is 1. The second-order valence-corrected chi connectivity index (χ2v) is 8.00. The molecule has 168 valence electrons. The minimum Gasteiger partial charge on any atom is -0.497 e. The Hall–Kier alpha value is -4.14. The molecule has 1 spiro atoms. The number of amides is 3. The summed E-state index contributed by atoms with van der Waals surface area (Å²) < 4.78 is 15.6. The van der Waals surface area contributed by atoms with Gasteiger partial charge in [-0.15, -0.1) is 0 Å². The maximum Gasteiger partial charge on any atom is 0.336 e. The van der Waals surface area contributed by atoms with E-state index in [1.807, 2.05) is 24.3 Å². The Morgan fingerprint density at radius 3 is 2.79 bits per heavy atom. The van der Waals surface area contributed by atoms with Gasteiger partial charge in [-0.05, 0) is 36.1 Å². The van der Waals surface area contributed by atoms with Crippen LogP contribution >= 0.6 is 0 Å². The zero-order valence-electron chi connectivity index (χ0n) is 17.8. The topological polar surface area (TPSA) is 115 Å². The molecule has 1 aromatic heterocycles. The monoisotopic (exact) mass is 448 g/mol. The van der Waals surface area contributed by atoms with Crippen LogP contribution in [-0.2, 0) is 32.9 Å². The standard InChI is InChI=1S/C24H20N2O7/c1-31-16-6-7-17-15(10-20(27)33-19(17)11-16)13-32-21(28)12-26-22(29)24(25-23(26)30)9-8-14-4-2-3-5-18(14)24/h2-7,10-11H,8-9,12-13H2,1H3,(H,25,30)/t24-/m1/s1. The first-order valence-electron chi connectivity index (χ1n) is 10.4. The normalized spacial score (nSPS) is 19.1. The predicted octanol–water partition coefficient (Wildman–Crippen LogP) is 2.24. The van der Waals surface area contributed by atoms with Crippen LogP contribution in [0.3, 0.4) is 0 Å². The van der Waals surface area contributed by atoms with E-state index in [4.69, 9.17) is 13.9 Å². The van der Waals surface area contributed by atoms with Crippen LogP contribution in [0.5, 0.6) is 5.75 Å². The van der Waals surface area contributed by atoms with Gasteiger partial charge in [0.15, 0.2) is 0 Å². The van der Waals surface area contributed by atoms with Crippen LogP contribution < -0.4 is 15.7 Å². The molecule has 1 N–H and O–H groups in total. The number of aryl methyl sites for hydroxylation is 1. The number of rotatable bonds is 5. The molecule has 1 atom stereocenters. The van der Waals surface area contributed by atoms with Crippen molar-refractivity contribution in [3.05, 3.63) is 75.6 Å². The quantitative estimate of drug-likeness (QED) is 0.362. The second kappa shape index (κ2) is 7.77. The molecule has 5 rings (SSSR count). The van der Waals surface area contributed by atoms with E-state index in [1.54, 1.807) is 18.2 Å². The number of carbonyl (C=O) groups is 3. The number of nitrogens with zero attached hydrogens (tertiary/aromatic N) is 1. The smallest absolute Gasteiger partial charge is 0.336 e. The van der Waals surface area contributed by atoms with Crippen molar-refractivity contribution in [3.8, 4) is 5.75 Å². The van der Waals surface area contributed by atoms with Crippen LogP contribution in [0.1, 0.15) is 23.1 Å². The van der Waals surface area contributed by atoms with Gasteiger partial charge in [0, 0.05) is 23.1 Å². The Bertz CT molecular complexity index is 1360. The van der Waals surface area contributed by atoms with Crippen molar-refractivity contribution in [1.82, 2.24) is 10.2 Å². The lowest BCUT2D eigenvalue weighted by atomic mass is 9.92. The summed E-state index contributed by atoms with van der Waals surface area (Å²) in [6, 6.07) is 13.0. The number of hydrogen-bond acceptors (Lipinski definition) is 7. The van der Waals surface area contributed by atoms with E-state index in [0.29, 0.717) is 35.1 Å². The van der Waals surface area contributed by atoms with Gasteiger partial charge in [-0.1, -0.05) is 24.3 Å². The summed E-state index contributed by atoms with van der Waals surface area (Å²) in [5, 5.41) is 3.35. The Kier molecular flexibility index (Phi) is 4.88. The number of carbonyl (C=O) groups excluding carboxylic acids is 3. The van der Waals surface area contributed by atoms with Crippen LogP contribution in [0.4, 0.5) is 4.79 Å². The number of benzene rings is 2. The second-order valence-electron chi connectivity index (χ2n) is 8.00.